The van der Waals surface area contributed by atoms with Crippen LogP contribution in [0.1, 0.15) is 187 Å². The van der Waals surface area contributed by atoms with Crippen molar-refractivity contribution >= 4 is 19.8 Å². The van der Waals surface area contributed by atoms with E-state index in [2.05, 4.69) is 68.5 Å². The zero-order chi connectivity index (χ0) is 42.6. The number of carboxylic acid groups (broad SMARTS) is 1. The molecule has 0 radical (unpaired) electrons. The number of phosphoric acid groups is 1. The van der Waals surface area contributed by atoms with E-state index >= 15 is 0 Å². The summed E-state index contributed by atoms with van der Waals surface area (Å²) in [6.07, 6.45) is 51.6. The van der Waals surface area contributed by atoms with Crippen LogP contribution in [0.25, 0.3) is 0 Å². The van der Waals surface area contributed by atoms with Crippen molar-refractivity contribution in [3.05, 3.63) is 60.8 Å². The van der Waals surface area contributed by atoms with Crippen molar-refractivity contribution in [3.63, 3.8) is 0 Å². The molecule has 0 aliphatic rings. The molecular weight excluding hydrogens is 753 g/mol. The van der Waals surface area contributed by atoms with Gasteiger partial charge in [0, 0.05) is 6.42 Å². The lowest BCUT2D eigenvalue weighted by atomic mass is 10.0. The molecule has 10 nitrogen and oxygen atoms in total. The van der Waals surface area contributed by atoms with E-state index in [0.29, 0.717) is 19.4 Å². The van der Waals surface area contributed by atoms with Crippen molar-refractivity contribution < 1.29 is 42.7 Å². The van der Waals surface area contributed by atoms with Crippen LogP contribution in [0.15, 0.2) is 60.8 Å². The fraction of sp³-hybridized carbons (Fsp3) is 0.745. The van der Waals surface area contributed by atoms with E-state index < -0.39 is 45.1 Å². The van der Waals surface area contributed by atoms with Crippen molar-refractivity contribution in [2.24, 2.45) is 5.73 Å². The molecule has 11 heteroatoms. The van der Waals surface area contributed by atoms with E-state index in [0.717, 1.165) is 51.4 Å². The highest BCUT2D eigenvalue weighted by atomic mass is 31.2. The molecule has 0 aromatic rings. The third kappa shape index (κ3) is 41.8. The van der Waals surface area contributed by atoms with Gasteiger partial charge in [0.05, 0.1) is 26.4 Å². The van der Waals surface area contributed by atoms with Gasteiger partial charge in [-0.15, -0.1) is 0 Å². The van der Waals surface area contributed by atoms with E-state index in [4.69, 9.17) is 29.4 Å². The first kappa shape index (κ1) is 55.7. The molecule has 0 spiro atoms. The van der Waals surface area contributed by atoms with E-state index in [-0.39, 0.29) is 13.0 Å². The first-order valence-corrected chi connectivity index (χ1v) is 24.3. The molecule has 0 aliphatic carbocycles. The summed E-state index contributed by atoms with van der Waals surface area (Å²) in [5.41, 5.74) is 5.35. The molecule has 0 saturated heterocycles. The molecule has 3 unspecified atom stereocenters. The number of phosphoric ester groups is 1. The fourth-order valence-electron chi connectivity index (χ4n) is 6.08. The van der Waals surface area contributed by atoms with Crippen molar-refractivity contribution in [1.82, 2.24) is 0 Å². The Morgan fingerprint density at radius 3 is 1.40 bits per heavy atom. The van der Waals surface area contributed by atoms with Crippen LogP contribution in [0.3, 0.4) is 0 Å². The van der Waals surface area contributed by atoms with Gasteiger partial charge >= 0.3 is 19.8 Å². The molecule has 0 heterocycles. The standard InChI is InChI=1S/C47H84NO9P/c1-3-5-7-9-11-13-15-17-19-21-22-23-24-25-27-29-31-33-35-37-39-46(49)57-44(42-55-58(52,53)56-43-45(48)47(50)51)41-54-40-38-36-34-32-30-28-26-20-18-16-14-12-10-8-6-4-2/h6,8,12,14,18,20,28,30,34,36,44-45H,3-5,7,9-11,13,15-17,19,21-27,29,31-33,35,37-43,48H2,1-2H3,(H,50,51)(H,52,53)/b8-6-,14-12-,20-18-,30-28-,36-34-. The van der Waals surface area contributed by atoms with Crippen LogP contribution in [0.2, 0.25) is 0 Å². The number of hydrogen-bond acceptors (Lipinski definition) is 8. The summed E-state index contributed by atoms with van der Waals surface area (Å²) in [6, 6.07) is -1.49. The number of carbonyl (C=O) groups is 2. The average molecular weight is 838 g/mol. The Balaban J connectivity index is 4.27. The average Bonchev–Trinajstić information content (AvgIpc) is 3.20. The van der Waals surface area contributed by atoms with Crippen LogP contribution in [-0.4, -0.2) is 60.5 Å². The molecule has 0 aromatic heterocycles. The minimum absolute atomic E-state index is 0.0374. The smallest absolute Gasteiger partial charge is 0.472 e. The summed E-state index contributed by atoms with van der Waals surface area (Å²) < 4.78 is 33.3. The quantitative estimate of drug-likeness (QED) is 0.0234. The summed E-state index contributed by atoms with van der Waals surface area (Å²) >= 11 is 0. The van der Waals surface area contributed by atoms with Crippen LogP contribution < -0.4 is 5.73 Å². The number of aliphatic carboxylic acids is 1. The fourth-order valence-corrected chi connectivity index (χ4v) is 6.86. The van der Waals surface area contributed by atoms with Gasteiger partial charge in [-0.05, 0) is 44.9 Å². The second-order valence-corrected chi connectivity index (χ2v) is 16.6. The highest BCUT2D eigenvalue weighted by Crippen LogP contribution is 2.43. The first-order valence-electron chi connectivity index (χ1n) is 22.8. The van der Waals surface area contributed by atoms with Crippen LogP contribution >= 0.6 is 7.82 Å². The first-order chi connectivity index (χ1) is 28.2. The minimum Gasteiger partial charge on any atom is -0.480 e. The number of esters is 1. The van der Waals surface area contributed by atoms with Crippen molar-refractivity contribution in [1.29, 1.82) is 0 Å². The monoisotopic (exact) mass is 838 g/mol. The largest absolute Gasteiger partial charge is 0.480 e. The Kier molecular flexibility index (Phi) is 41.1. The highest BCUT2D eigenvalue weighted by Gasteiger charge is 2.27. The van der Waals surface area contributed by atoms with Crippen LogP contribution in [-0.2, 0) is 32.7 Å². The zero-order valence-electron chi connectivity index (χ0n) is 36.6. The summed E-state index contributed by atoms with van der Waals surface area (Å²) in [5.74, 6) is -1.81. The van der Waals surface area contributed by atoms with Crippen LogP contribution in [0.4, 0.5) is 0 Å². The van der Waals surface area contributed by atoms with E-state index in [1.54, 1.807) is 0 Å². The van der Waals surface area contributed by atoms with E-state index in [1.165, 1.54) is 103 Å². The Hall–Kier alpha value is -2.33. The zero-order valence-corrected chi connectivity index (χ0v) is 37.5. The topological polar surface area (TPSA) is 155 Å². The van der Waals surface area contributed by atoms with Crippen molar-refractivity contribution in [2.75, 3.05) is 26.4 Å². The molecular formula is C47H84NO9P. The maximum Gasteiger partial charge on any atom is 0.472 e. The molecule has 4 N–H and O–H groups in total. The van der Waals surface area contributed by atoms with Gasteiger partial charge in [-0.3, -0.25) is 18.6 Å². The Labute approximate surface area is 353 Å². The molecule has 0 amide bonds. The predicted molar refractivity (Wildman–Crippen MR) is 240 cm³/mol. The molecule has 0 saturated carbocycles. The van der Waals surface area contributed by atoms with Gasteiger partial charge in [0.1, 0.15) is 12.1 Å². The maximum absolute atomic E-state index is 12.6. The predicted octanol–water partition coefficient (Wildman–Crippen LogP) is 12.8. The molecule has 336 valence electrons. The lowest BCUT2D eigenvalue weighted by molar-refractivity contribution is -0.154. The molecule has 0 aliphatic heterocycles. The van der Waals surface area contributed by atoms with Gasteiger partial charge in [0.2, 0.25) is 0 Å². The second-order valence-electron chi connectivity index (χ2n) is 15.2. The molecule has 0 aromatic carbocycles. The number of nitrogens with two attached hydrogens (primary N) is 1. The lowest BCUT2D eigenvalue weighted by Crippen LogP contribution is -2.34. The third-order valence-electron chi connectivity index (χ3n) is 9.58. The number of allylic oxidation sites excluding steroid dienone is 9. The van der Waals surface area contributed by atoms with E-state index in [1.807, 2.05) is 6.08 Å². The number of unbranched alkanes of at least 4 members (excludes halogenated alkanes) is 19. The maximum atomic E-state index is 12.6. The normalized spacial score (nSPS) is 14.4. The number of ether oxygens (including phenoxy) is 2. The Morgan fingerprint density at radius 1 is 0.569 bits per heavy atom. The van der Waals surface area contributed by atoms with E-state index in [9.17, 15) is 19.0 Å². The third-order valence-corrected chi connectivity index (χ3v) is 10.5. The number of hydrogen-bond donors (Lipinski definition) is 3. The number of carbonyl (C=O) groups excluding carboxylic acids is 1. The molecule has 3 atom stereocenters. The molecule has 0 bridgehead atoms. The summed E-state index contributed by atoms with van der Waals surface area (Å²) in [4.78, 5) is 33.6. The summed E-state index contributed by atoms with van der Waals surface area (Å²) in [7, 11) is -4.64. The Morgan fingerprint density at radius 2 is 0.966 bits per heavy atom. The van der Waals surface area contributed by atoms with Gasteiger partial charge in [-0.2, -0.15) is 0 Å². The SMILES string of the molecule is CC/C=C\C/C=C\C/C=C\C/C=C\C/C=C\CCOCC(COP(=O)(O)OCC(N)C(=O)O)OC(=O)CCCCCCCCCCCCCCCCCCCCCC. The van der Waals surface area contributed by atoms with Crippen LogP contribution in [0.5, 0.6) is 0 Å². The second kappa shape index (κ2) is 42.8. The summed E-state index contributed by atoms with van der Waals surface area (Å²) in [5, 5.41) is 8.90. The minimum atomic E-state index is -4.64. The van der Waals surface area contributed by atoms with Gasteiger partial charge < -0.3 is 25.2 Å². The molecule has 0 fully saturated rings. The van der Waals surface area contributed by atoms with Gasteiger partial charge in [-0.25, -0.2) is 4.57 Å². The van der Waals surface area contributed by atoms with Gasteiger partial charge in [0.25, 0.3) is 0 Å². The van der Waals surface area contributed by atoms with Crippen molar-refractivity contribution in [2.45, 2.75) is 199 Å². The van der Waals surface area contributed by atoms with Crippen LogP contribution in [0, 0.1) is 0 Å². The number of carboxylic acids is 1. The molecule has 58 heavy (non-hydrogen) atoms. The highest BCUT2D eigenvalue weighted by molar-refractivity contribution is 7.47. The van der Waals surface area contributed by atoms with Gasteiger partial charge in [0.15, 0.2) is 0 Å². The summed E-state index contributed by atoms with van der Waals surface area (Å²) in [6.45, 7) is 3.56. The molecule has 0 rings (SSSR count). The lowest BCUT2D eigenvalue weighted by Gasteiger charge is -2.20. The van der Waals surface area contributed by atoms with Crippen molar-refractivity contribution in [3.8, 4) is 0 Å². The Bertz CT molecular complexity index is 1150. The number of rotatable bonds is 43. The van der Waals surface area contributed by atoms with Gasteiger partial charge in [-0.1, -0.05) is 197 Å².